The molecule has 0 atom stereocenters. The molecular formula is C13H12N2O3. The first-order chi connectivity index (χ1) is 8.50. The van der Waals surface area contributed by atoms with Crippen molar-refractivity contribution >= 4 is 22.4 Å². The smallest absolute Gasteiger partial charge is 0.261 e. The van der Waals surface area contributed by atoms with E-state index in [4.69, 9.17) is 0 Å². The van der Waals surface area contributed by atoms with Crippen molar-refractivity contribution in [2.24, 2.45) is 10.2 Å². The molecule has 0 bridgehead atoms. The van der Waals surface area contributed by atoms with E-state index in [1.165, 1.54) is 13.0 Å². The Morgan fingerprint density at radius 3 is 2.67 bits per heavy atom. The summed E-state index contributed by atoms with van der Waals surface area (Å²) in [5, 5.41) is 27.9. The van der Waals surface area contributed by atoms with Crippen LogP contribution in [0.4, 0.5) is 5.69 Å². The molecule has 2 N–H and O–H groups in total. The number of fused-ring (bicyclic) bond motifs is 1. The molecule has 2 aromatic rings. The highest BCUT2D eigenvalue weighted by Gasteiger charge is 2.12. The highest BCUT2D eigenvalue weighted by Crippen LogP contribution is 2.40. The van der Waals surface area contributed by atoms with Crippen molar-refractivity contribution in [3.05, 3.63) is 29.8 Å². The zero-order valence-corrected chi connectivity index (χ0v) is 10.0. The molecule has 92 valence electrons. The summed E-state index contributed by atoms with van der Waals surface area (Å²) in [7, 11) is 0. The van der Waals surface area contributed by atoms with E-state index in [0.29, 0.717) is 22.0 Å². The number of aryl methyl sites for hydroxylation is 1. The van der Waals surface area contributed by atoms with Crippen LogP contribution in [0, 0.1) is 6.92 Å². The molecule has 0 saturated carbocycles. The molecule has 5 heteroatoms. The minimum atomic E-state index is -0.427. The Morgan fingerprint density at radius 1 is 1.28 bits per heavy atom. The number of phenolic OH excluding ortho intramolecular Hbond substituents is 2. The normalized spacial score (nSPS) is 11.2. The molecule has 0 heterocycles. The van der Waals surface area contributed by atoms with Crippen molar-refractivity contribution in [2.45, 2.75) is 13.8 Å². The zero-order valence-electron chi connectivity index (χ0n) is 10.0. The summed E-state index contributed by atoms with van der Waals surface area (Å²) >= 11 is 0. The van der Waals surface area contributed by atoms with Crippen LogP contribution in [0.3, 0.4) is 0 Å². The number of azo groups is 1. The number of phenols is 2. The van der Waals surface area contributed by atoms with Gasteiger partial charge in [-0.05, 0) is 24.6 Å². The van der Waals surface area contributed by atoms with Gasteiger partial charge in [-0.15, -0.1) is 10.2 Å². The highest BCUT2D eigenvalue weighted by atomic mass is 16.3. The molecule has 0 aliphatic heterocycles. The SMILES string of the molecule is CC(=O)N=Nc1cc(C)c(O)c2cccc(O)c12. The molecule has 2 aromatic carbocycles. The van der Waals surface area contributed by atoms with Crippen LogP contribution in [0.25, 0.3) is 10.8 Å². The third kappa shape index (κ3) is 2.02. The van der Waals surface area contributed by atoms with E-state index in [1.54, 1.807) is 25.1 Å². The van der Waals surface area contributed by atoms with Gasteiger partial charge in [0.15, 0.2) is 0 Å². The number of carbonyl (C=O) groups is 1. The van der Waals surface area contributed by atoms with E-state index in [-0.39, 0.29) is 11.5 Å². The van der Waals surface area contributed by atoms with Crippen molar-refractivity contribution in [1.82, 2.24) is 0 Å². The minimum Gasteiger partial charge on any atom is -0.507 e. The first-order valence-corrected chi connectivity index (χ1v) is 5.37. The first kappa shape index (κ1) is 12.0. The molecule has 2 rings (SSSR count). The maximum atomic E-state index is 10.8. The molecule has 1 amide bonds. The molecule has 0 fully saturated rings. The largest absolute Gasteiger partial charge is 0.507 e. The van der Waals surface area contributed by atoms with Gasteiger partial charge in [-0.2, -0.15) is 0 Å². The predicted octanol–water partition coefficient (Wildman–Crippen LogP) is 3.19. The molecule has 0 saturated heterocycles. The Hall–Kier alpha value is -2.43. The third-order valence-corrected chi connectivity index (χ3v) is 2.58. The number of aromatic hydroxyl groups is 2. The molecule has 0 aliphatic carbocycles. The second-order valence-electron chi connectivity index (χ2n) is 3.98. The van der Waals surface area contributed by atoms with Gasteiger partial charge in [0.05, 0.1) is 11.1 Å². The summed E-state index contributed by atoms with van der Waals surface area (Å²) in [6.07, 6.45) is 0. The lowest BCUT2D eigenvalue weighted by Gasteiger charge is -2.08. The van der Waals surface area contributed by atoms with E-state index in [9.17, 15) is 15.0 Å². The van der Waals surface area contributed by atoms with Crippen LogP contribution in [0.1, 0.15) is 12.5 Å². The number of amides is 1. The van der Waals surface area contributed by atoms with Crippen LogP contribution in [-0.4, -0.2) is 16.1 Å². The summed E-state index contributed by atoms with van der Waals surface area (Å²) in [6, 6.07) is 6.36. The Kier molecular flexibility index (Phi) is 2.97. The van der Waals surface area contributed by atoms with Crippen molar-refractivity contribution < 1.29 is 15.0 Å². The quantitative estimate of drug-likeness (QED) is 0.755. The van der Waals surface area contributed by atoms with Gasteiger partial charge in [0.1, 0.15) is 11.5 Å². The fourth-order valence-corrected chi connectivity index (χ4v) is 1.77. The third-order valence-electron chi connectivity index (χ3n) is 2.58. The van der Waals surface area contributed by atoms with Crippen LogP contribution in [0.2, 0.25) is 0 Å². The topological polar surface area (TPSA) is 82.2 Å². The van der Waals surface area contributed by atoms with E-state index >= 15 is 0 Å². The summed E-state index contributed by atoms with van der Waals surface area (Å²) in [5.74, 6) is -0.354. The average Bonchev–Trinajstić information content (AvgIpc) is 2.32. The van der Waals surface area contributed by atoms with Crippen molar-refractivity contribution in [1.29, 1.82) is 0 Å². The number of hydrogen-bond donors (Lipinski definition) is 2. The molecule has 0 spiro atoms. The zero-order chi connectivity index (χ0) is 13.3. The lowest BCUT2D eigenvalue weighted by molar-refractivity contribution is -0.116. The molecule has 0 aliphatic rings. The summed E-state index contributed by atoms with van der Waals surface area (Å²) in [6.45, 7) is 3.00. The van der Waals surface area contributed by atoms with Crippen LogP contribution < -0.4 is 0 Å². The Bertz CT molecular complexity index is 663. The lowest BCUT2D eigenvalue weighted by Crippen LogP contribution is -1.83. The van der Waals surface area contributed by atoms with Gasteiger partial charge >= 0.3 is 0 Å². The standard InChI is InChI=1S/C13H12N2O3/c1-7-6-10(15-14-8(2)16)12-9(13(7)18)4-3-5-11(12)17/h3-6,17-18H,1-2H3. The molecule has 5 nitrogen and oxygen atoms in total. The maximum Gasteiger partial charge on any atom is 0.261 e. The monoisotopic (exact) mass is 244 g/mol. The van der Waals surface area contributed by atoms with E-state index in [1.807, 2.05) is 0 Å². The van der Waals surface area contributed by atoms with Crippen LogP contribution in [-0.2, 0) is 4.79 Å². The predicted molar refractivity (Wildman–Crippen MR) is 67.2 cm³/mol. The summed E-state index contributed by atoms with van der Waals surface area (Å²) in [4.78, 5) is 10.8. The van der Waals surface area contributed by atoms with Crippen molar-refractivity contribution in [3.8, 4) is 11.5 Å². The van der Waals surface area contributed by atoms with Gasteiger partial charge in [0, 0.05) is 12.3 Å². The second-order valence-corrected chi connectivity index (χ2v) is 3.98. The average molecular weight is 244 g/mol. The fourth-order valence-electron chi connectivity index (χ4n) is 1.77. The minimum absolute atomic E-state index is 0.0136. The van der Waals surface area contributed by atoms with E-state index < -0.39 is 5.91 Å². The Morgan fingerprint density at radius 2 is 2.00 bits per heavy atom. The maximum absolute atomic E-state index is 10.8. The lowest BCUT2D eigenvalue weighted by atomic mass is 10.0. The van der Waals surface area contributed by atoms with Gasteiger partial charge in [-0.25, -0.2) is 0 Å². The molecule has 0 radical (unpaired) electrons. The second kappa shape index (κ2) is 4.44. The van der Waals surface area contributed by atoms with Crippen molar-refractivity contribution in [3.63, 3.8) is 0 Å². The van der Waals surface area contributed by atoms with Gasteiger partial charge < -0.3 is 10.2 Å². The summed E-state index contributed by atoms with van der Waals surface area (Å²) in [5.41, 5.74) is 0.958. The molecule has 18 heavy (non-hydrogen) atoms. The number of rotatable bonds is 1. The van der Waals surface area contributed by atoms with Gasteiger partial charge in [-0.1, -0.05) is 12.1 Å². The molecule has 0 unspecified atom stereocenters. The van der Waals surface area contributed by atoms with Crippen LogP contribution >= 0.6 is 0 Å². The van der Waals surface area contributed by atoms with E-state index in [0.717, 1.165) is 0 Å². The summed E-state index contributed by atoms with van der Waals surface area (Å²) < 4.78 is 0. The highest BCUT2D eigenvalue weighted by molar-refractivity contribution is 6.01. The van der Waals surface area contributed by atoms with Gasteiger partial charge in [0.25, 0.3) is 5.91 Å². The van der Waals surface area contributed by atoms with Crippen LogP contribution in [0.15, 0.2) is 34.5 Å². The Balaban J connectivity index is 2.81. The molecule has 0 aromatic heterocycles. The molecular weight excluding hydrogens is 232 g/mol. The van der Waals surface area contributed by atoms with Gasteiger partial charge in [-0.3, -0.25) is 4.79 Å². The number of nitrogens with zero attached hydrogens (tertiary/aromatic N) is 2. The number of hydrogen-bond acceptors (Lipinski definition) is 4. The number of carbonyl (C=O) groups excluding carboxylic acids is 1. The van der Waals surface area contributed by atoms with Gasteiger partial charge in [0.2, 0.25) is 0 Å². The number of benzene rings is 2. The first-order valence-electron chi connectivity index (χ1n) is 5.37. The van der Waals surface area contributed by atoms with E-state index in [2.05, 4.69) is 10.2 Å². The fraction of sp³-hybridized carbons (Fsp3) is 0.154. The van der Waals surface area contributed by atoms with Crippen molar-refractivity contribution in [2.75, 3.05) is 0 Å². The Labute approximate surface area is 103 Å². The van der Waals surface area contributed by atoms with Crippen LogP contribution in [0.5, 0.6) is 11.5 Å².